The summed E-state index contributed by atoms with van der Waals surface area (Å²) >= 11 is 1.55. The van der Waals surface area contributed by atoms with E-state index in [9.17, 15) is 4.79 Å². The van der Waals surface area contributed by atoms with Crippen molar-refractivity contribution in [1.29, 1.82) is 5.26 Å². The molecular formula is C19H17N3O2S. The first-order valence-electron chi connectivity index (χ1n) is 7.80. The molecule has 0 aliphatic heterocycles. The number of oxazole rings is 1. The number of carbonyl (C=O) groups excluding carboxylic acids is 1. The number of hydrogen-bond acceptors (Lipinski definition) is 5. The van der Waals surface area contributed by atoms with E-state index in [1.807, 2.05) is 36.6 Å². The Balaban J connectivity index is 1.66. The van der Waals surface area contributed by atoms with Gasteiger partial charge in [0, 0.05) is 13.6 Å². The summed E-state index contributed by atoms with van der Waals surface area (Å²) in [5, 5.41) is 10.8. The molecule has 0 saturated heterocycles. The summed E-state index contributed by atoms with van der Waals surface area (Å²) < 4.78 is 5.68. The van der Waals surface area contributed by atoms with Crippen LogP contribution < -0.4 is 0 Å². The van der Waals surface area contributed by atoms with Gasteiger partial charge in [0.2, 0.25) is 11.8 Å². The number of benzene rings is 1. The van der Waals surface area contributed by atoms with E-state index in [0.29, 0.717) is 29.5 Å². The van der Waals surface area contributed by atoms with E-state index in [1.54, 1.807) is 35.4 Å². The molecule has 3 rings (SSSR count). The van der Waals surface area contributed by atoms with Crippen LogP contribution >= 0.6 is 11.3 Å². The lowest BCUT2D eigenvalue weighted by Gasteiger charge is -2.16. The second kappa shape index (κ2) is 7.32. The van der Waals surface area contributed by atoms with Crippen molar-refractivity contribution in [3.05, 3.63) is 64.4 Å². The fourth-order valence-electron chi connectivity index (χ4n) is 2.42. The van der Waals surface area contributed by atoms with Crippen molar-refractivity contribution in [2.45, 2.75) is 19.9 Å². The maximum absolute atomic E-state index is 12.5. The maximum atomic E-state index is 12.5. The molecule has 0 bridgehead atoms. The van der Waals surface area contributed by atoms with Crippen LogP contribution in [0, 0.1) is 18.3 Å². The summed E-state index contributed by atoms with van der Waals surface area (Å²) in [6.45, 7) is 2.31. The molecule has 5 nitrogen and oxygen atoms in total. The van der Waals surface area contributed by atoms with E-state index < -0.39 is 0 Å². The fourth-order valence-corrected chi connectivity index (χ4v) is 3.07. The highest BCUT2D eigenvalue weighted by atomic mass is 32.1. The maximum Gasteiger partial charge on any atom is 0.236 e. The monoisotopic (exact) mass is 351 g/mol. The number of hydrogen-bond donors (Lipinski definition) is 0. The van der Waals surface area contributed by atoms with Gasteiger partial charge >= 0.3 is 0 Å². The van der Waals surface area contributed by atoms with E-state index >= 15 is 0 Å². The van der Waals surface area contributed by atoms with Gasteiger partial charge in [0.1, 0.15) is 5.76 Å². The van der Waals surface area contributed by atoms with Crippen LogP contribution in [-0.2, 0) is 17.8 Å². The number of rotatable bonds is 5. The number of carbonyl (C=O) groups is 1. The van der Waals surface area contributed by atoms with Crippen LogP contribution in [0.25, 0.3) is 10.8 Å². The minimum atomic E-state index is -0.0292. The first-order valence-corrected chi connectivity index (χ1v) is 8.68. The van der Waals surface area contributed by atoms with Gasteiger partial charge in [-0.05, 0) is 36.1 Å². The molecule has 0 fully saturated rings. The van der Waals surface area contributed by atoms with E-state index in [0.717, 1.165) is 10.4 Å². The molecule has 6 heteroatoms. The first-order chi connectivity index (χ1) is 12.1. The third-order valence-electron chi connectivity index (χ3n) is 3.87. The Morgan fingerprint density at radius 3 is 2.72 bits per heavy atom. The van der Waals surface area contributed by atoms with E-state index in [2.05, 4.69) is 11.1 Å². The van der Waals surface area contributed by atoms with Crippen LogP contribution in [0.1, 0.15) is 22.6 Å². The third-order valence-corrected chi connectivity index (χ3v) is 4.73. The summed E-state index contributed by atoms with van der Waals surface area (Å²) in [4.78, 5) is 19.6. The first kappa shape index (κ1) is 16.9. The average Bonchev–Trinajstić information content (AvgIpc) is 3.26. The topological polar surface area (TPSA) is 70.1 Å². The van der Waals surface area contributed by atoms with Crippen molar-refractivity contribution in [1.82, 2.24) is 9.88 Å². The zero-order valence-electron chi connectivity index (χ0n) is 14.0. The summed E-state index contributed by atoms with van der Waals surface area (Å²) in [6.07, 6.45) is 0.202. The normalized spacial score (nSPS) is 10.4. The summed E-state index contributed by atoms with van der Waals surface area (Å²) in [6, 6.07) is 13.2. The van der Waals surface area contributed by atoms with Crippen LogP contribution in [0.3, 0.4) is 0 Å². The van der Waals surface area contributed by atoms with Crippen LogP contribution in [0.4, 0.5) is 0 Å². The predicted molar refractivity (Wildman–Crippen MR) is 95.9 cm³/mol. The number of aromatic nitrogens is 1. The van der Waals surface area contributed by atoms with Gasteiger partial charge in [0.05, 0.1) is 28.6 Å². The molecule has 0 aliphatic rings. The lowest BCUT2D eigenvalue weighted by Crippen LogP contribution is -2.28. The second-order valence-corrected chi connectivity index (χ2v) is 6.68. The van der Waals surface area contributed by atoms with Gasteiger partial charge < -0.3 is 9.32 Å². The zero-order valence-corrected chi connectivity index (χ0v) is 14.8. The number of likely N-dealkylation sites (N-methyl/N-ethyl adjacent to an activating group) is 1. The quantitative estimate of drug-likeness (QED) is 0.701. The highest BCUT2D eigenvalue weighted by Crippen LogP contribution is 2.26. The van der Waals surface area contributed by atoms with Gasteiger partial charge in [0.25, 0.3) is 0 Å². The molecule has 25 heavy (non-hydrogen) atoms. The van der Waals surface area contributed by atoms with Crippen molar-refractivity contribution >= 4 is 17.2 Å². The van der Waals surface area contributed by atoms with Gasteiger partial charge in [-0.15, -0.1) is 11.3 Å². The smallest absolute Gasteiger partial charge is 0.236 e. The van der Waals surface area contributed by atoms with Crippen molar-refractivity contribution in [3.63, 3.8) is 0 Å². The van der Waals surface area contributed by atoms with Crippen molar-refractivity contribution in [3.8, 4) is 16.8 Å². The largest absolute Gasteiger partial charge is 0.440 e. The Hall–Kier alpha value is -2.91. The molecule has 0 radical (unpaired) electrons. The lowest BCUT2D eigenvalue weighted by molar-refractivity contribution is -0.129. The fraction of sp³-hybridized carbons (Fsp3) is 0.211. The van der Waals surface area contributed by atoms with Gasteiger partial charge in [-0.1, -0.05) is 18.2 Å². The SMILES string of the molecule is Cc1oc(-c2cccs2)nc1CC(=O)N(C)Cc1ccc(C#N)cc1. The van der Waals surface area contributed by atoms with E-state index in [-0.39, 0.29) is 12.3 Å². The van der Waals surface area contributed by atoms with Crippen LogP contribution in [0.5, 0.6) is 0 Å². The minimum absolute atomic E-state index is 0.0292. The van der Waals surface area contributed by atoms with Crippen molar-refractivity contribution in [2.24, 2.45) is 0 Å². The number of nitriles is 1. The summed E-state index contributed by atoms with van der Waals surface area (Å²) in [5.41, 5.74) is 2.25. The van der Waals surface area contributed by atoms with Gasteiger partial charge in [-0.25, -0.2) is 4.98 Å². The van der Waals surface area contributed by atoms with Crippen LogP contribution in [0.2, 0.25) is 0 Å². The Labute approximate surface area is 150 Å². The number of thiophene rings is 1. The molecule has 2 heterocycles. The van der Waals surface area contributed by atoms with Gasteiger partial charge in [-0.2, -0.15) is 5.26 Å². The van der Waals surface area contributed by atoms with Gasteiger partial charge in [-0.3, -0.25) is 4.79 Å². The third kappa shape index (κ3) is 3.95. The zero-order chi connectivity index (χ0) is 17.8. The molecule has 3 aromatic rings. The minimum Gasteiger partial charge on any atom is -0.440 e. The molecule has 1 aromatic carbocycles. The predicted octanol–water partition coefficient (Wildman–Crippen LogP) is 3.78. The molecule has 0 atom stereocenters. The van der Waals surface area contributed by atoms with Gasteiger partial charge in [0.15, 0.2) is 0 Å². The molecule has 0 spiro atoms. The van der Waals surface area contributed by atoms with Crippen LogP contribution in [0.15, 0.2) is 46.2 Å². The Kier molecular flexibility index (Phi) is 4.96. The standard InChI is InChI=1S/C19H17N3O2S/c1-13-16(21-19(24-13)17-4-3-9-25-17)10-18(23)22(2)12-15-7-5-14(11-20)6-8-15/h3-9H,10,12H2,1-2H3. The summed E-state index contributed by atoms with van der Waals surface area (Å²) in [5.74, 6) is 1.20. The molecular weight excluding hydrogens is 334 g/mol. The second-order valence-electron chi connectivity index (χ2n) is 5.73. The van der Waals surface area contributed by atoms with Crippen molar-refractivity contribution < 1.29 is 9.21 Å². The molecule has 0 unspecified atom stereocenters. The van der Waals surface area contributed by atoms with E-state index in [1.165, 1.54) is 0 Å². The highest BCUT2D eigenvalue weighted by molar-refractivity contribution is 7.13. The Morgan fingerprint density at radius 2 is 2.08 bits per heavy atom. The molecule has 2 aromatic heterocycles. The molecule has 0 N–H and O–H groups in total. The number of aryl methyl sites for hydroxylation is 1. The number of amides is 1. The highest BCUT2D eigenvalue weighted by Gasteiger charge is 2.17. The molecule has 0 aliphatic carbocycles. The van der Waals surface area contributed by atoms with Crippen LogP contribution in [-0.4, -0.2) is 22.8 Å². The molecule has 0 saturated carbocycles. The Morgan fingerprint density at radius 1 is 1.32 bits per heavy atom. The molecule has 126 valence electrons. The van der Waals surface area contributed by atoms with E-state index in [4.69, 9.17) is 9.68 Å². The summed E-state index contributed by atoms with van der Waals surface area (Å²) in [7, 11) is 1.76. The van der Waals surface area contributed by atoms with Crippen molar-refractivity contribution in [2.75, 3.05) is 7.05 Å². The number of nitrogens with zero attached hydrogens (tertiary/aromatic N) is 3. The lowest BCUT2D eigenvalue weighted by atomic mass is 10.1. The average molecular weight is 351 g/mol. The Bertz CT molecular complexity index is 905. The molecule has 1 amide bonds.